The zero-order valence-corrected chi connectivity index (χ0v) is 32.8. The fourth-order valence-corrected chi connectivity index (χ4v) is 8.03. The Balaban J connectivity index is 0.746. The summed E-state index contributed by atoms with van der Waals surface area (Å²) < 4.78 is 19.7. The number of para-hydroxylation sites is 1. The number of aromatic nitrogens is 4. The van der Waals surface area contributed by atoms with Crippen LogP contribution in [0.2, 0.25) is 0 Å². The van der Waals surface area contributed by atoms with Crippen LogP contribution in [0.25, 0.3) is 44.4 Å². The average molecular weight is 779 g/mol. The third-order valence-electron chi connectivity index (χ3n) is 11.0. The topological polar surface area (TPSA) is 142 Å². The van der Waals surface area contributed by atoms with Crippen molar-refractivity contribution in [3.05, 3.63) is 120 Å². The summed E-state index contributed by atoms with van der Waals surface area (Å²) in [6.07, 6.45) is 12.9. The molecule has 0 unspecified atom stereocenters. The van der Waals surface area contributed by atoms with Crippen LogP contribution in [0.1, 0.15) is 70.3 Å². The zero-order valence-electron chi connectivity index (χ0n) is 32.8. The van der Waals surface area contributed by atoms with Crippen LogP contribution in [0, 0.1) is 0 Å². The Labute approximate surface area is 338 Å². The van der Waals surface area contributed by atoms with Gasteiger partial charge in [-0.1, -0.05) is 87.1 Å². The number of likely N-dealkylation sites (tertiary alicyclic amines) is 1. The van der Waals surface area contributed by atoms with Crippen molar-refractivity contribution >= 4 is 27.8 Å². The van der Waals surface area contributed by atoms with E-state index in [1.807, 2.05) is 84.9 Å². The maximum absolute atomic E-state index is 12.3. The minimum absolute atomic E-state index is 0.00731. The molecule has 1 aliphatic rings. The standard InChI is InChI=1S/C47H50N6O5/c48-46-44-45(34-19-21-38(22-20-34)57-37-17-11-8-12-18-37)51-53(47(44)50-32-49-46)35-23-26-52(27-24-35)25-13-5-3-1-2-4-6-14-28-56-40-29-36(54)30-41-43(40)39(31-42(55)58-41)33-15-9-7-10-16-33/h7-12,15-22,29-32,35,54H,1-6,13-14,23-28H2,(H2,48,49,50). The first-order valence-electron chi connectivity index (χ1n) is 20.5. The lowest BCUT2D eigenvalue weighted by molar-refractivity contribution is 0.179. The van der Waals surface area contributed by atoms with E-state index in [-0.39, 0.29) is 11.8 Å². The Morgan fingerprint density at radius 3 is 2.16 bits per heavy atom. The molecule has 0 atom stereocenters. The van der Waals surface area contributed by atoms with Crippen molar-refractivity contribution in [1.82, 2.24) is 24.6 Å². The molecule has 0 spiro atoms. The molecule has 298 valence electrons. The largest absolute Gasteiger partial charge is 0.508 e. The number of nitrogen functional groups attached to an aromatic ring is 1. The van der Waals surface area contributed by atoms with Crippen molar-refractivity contribution in [1.29, 1.82) is 0 Å². The maximum Gasteiger partial charge on any atom is 0.336 e. The second kappa shape index (κ2) is 18.4. The SMILES string of the molecule is Nc1ncnc2c1c(-c1ccc(Oc3ccccc3)cc1)nn2C1CCN(CCCCCCCCCCOc2cc(O)cc3oc(=O)cc(-c4ccccc4)c23)CC1. The van der Waals surface area contributed by atoms with E-state index < -0.39 is 5.63 Å². The minimum Gasteiger partial charge on any atom is -0.508 e. The molecule has 0 aliphatic carbocycles. The number of fused-ring (bicyclic) bond motifs is 2. The first-order chi connectivity index (χ1) is 28.5. The quantitative estimate of drug-likeness (QED) is 0.0678. The van der Waals surface area contributed by atoms with E-state index in [2.05, 4.69) is 19.5 Å². The van der Waals surface area contributed by atoms with Gasteiger partial charge in [-0.25, -0.2) is 19.4 Å². The molecular weight excluding hydrogens is 729 g/mol. The van der Waals surface area contributed by atoms with Gasteiger partial charge in [0.05, 0.1) is 23.4 Å². The van der Waals surface area contributed by atoms with Crippen LogP contribution in [0.4, 0.5) is 5.82 Å². The van der Waals surface area contributed by atoms with Crippen molar-refractivity contribution in [3.63, 3.8) is 0 Å². The number of benzene rings is 4. The van der Waals surface area contributed by atoms with Crippen LogP contribution in [0.5, 0.6) is 23.0 Å². The van der Waals surface area contributed by atoms with Crippen LogP contribution in [-0.4, -0.2) is 56.0 Å². The Hall–Kier alpha value is -6.20. The average Bonchev–Trinajstić information content (AvgIpc) is 3.64. The Morgan fingerprint density at radius 2 is 1.41 bits per heavy atom. The summed E-state index contributed by atoms with van der Waals surface area (Å²) in [7, 11) is 0. The van der Waals surface area contributed by atoms with Crippen molar-refractivity contribution < 1.29 is 19.0 Å². The molecule has 7 aromatic rings. The maximum atomic E-state index is 12.3. The molecule has 0 bridgehead atoms. The number of anilines is 1. The number of phenols is 1. The van der Waals surface area contributed by atoms with Gasteiger partial charge in [-0.05, 0) is 74.2 Å². The van der Waals surface area contributed by atoms with E-state index in [9.17, 15) is 9.90 Å². The van der Waals surface area contributed by atoms with Crippen LogP contribution >= 0.6 is 0 Å². The van der Waals surface area contributed by atoms with Gasteiger partial charge < -0.3 is 29.6 Å². The molecule has 0 amide bonds. The summed E-state index contributed by atoms with van der Waals surface area (Å²) in [5.74, 6) is 2.52. The predicted molar refractivity (Wildman–Crippen MR) is 228 cm³/mol. The molecule has 3 N–H and O–H groups in total. The number of rotatable bonds is 17. The van der Waals surface area contributed by atoms with Gasteiger partial charge in [0, 0.05) is 42.4 Å². The van der Waals surface area contributed by atoms with Gasteiger partial charge in [0.2, 0.25) is 0 Å². The number of ether oxygens (including phenoxy) is 2. The molecule has 11 nitrogen and oxygen atoms in total. The molecule has 58 heavy (non-hydrogen) atoms. The number of aromatic hydroxyl groups is 1. The van der Waals surface area contributed by atoms with Gasteiger partial charge >= 0.3 is 5.63 Å². The Bertz CT molecular complexity index is 2480. The van der Waals surface area contributed by atoms with E-state index in [0.29, 0.717) is 29.1 Å². The second-order valence-electron chi connectivity index (χ2n) is 15.1. The summed E-state index contributed by atoms with van der Waals surface area (Å²) in [4.78, 5) is 23.8. The lowest BCUT2D eigenvalue weighted by Crippen LogP contribution is -2.35. The zero-order chi connectivity index (χ0) is 39.7. The third kappa shape index (κ3) is 9.16. The lowest BCUT2D eigenvalue weighted by atomic mass is 10.0. The molecule has 3 aromatic heterocycles. The van der Waals surface area contributed by atoms with E-state index in [0.717, 1.165) is 96.7 Å². The summed E-state index contributed by atoms with van der Waals surface area (Å²) in [5, 5.41) is 16.9. The number of nitrogens with zero attached hydrogens (tertiary/aromatic N) is 5. The number of unbranched alkanes of at least 4 members (excludes halogenated alkanes) is 7. The summed E-state index contributed by atoms with van der Waals surface area (Å²) >= 11 is 0. The fourth-order valence-electron chi connectivity index (χ4n) is 8.03. The number of phenolic OH excluding ortho intramolecular Hbond substituents is 1. The third-order valence-corrected chi connectivity index (χ3v) is 11.0. The van der Waals surface area contributed by atoms with Crippen molar-refractivity contribution in [2.45, 2.75) is 70.3 Å². The molecule has 1 saturated heterocycles. The van der Waals surface area contributed by atoms with Gasteiger partial charge in [0.25, 0.3) is 0 Å². The van der Waals surface area contributed by atoms with Crippen LogP contribution in [0.15, 0.2) is 119 Å². The molecule has 11 heteroatoms. The molecular formula is C47H50N6O5. The molecule has 4 aromatic carbocycles. The van der Waals surface area contributed by atoms with E-state index in [1.54, 1.807) is 6.07 Å². The van der Waals surface area contributed by atoms with Crippen LogP contribution in [-0.2, 0) is 0 Å². The highest BCUT2D eigenvalue weighted by molar-refractivity contribution is 5.99. The van der Waals surface area contributed by atoms with Crippen LogP contribution in [0.3, 0.4) is 0 Å². The van der Waals surface area contributed by atoms with Crippen LogP contribution < -0.4 is 20.8 Å². The normalized spacial score (nSPS) is 13.7. The van der Waals surface area contributed by atoms with Crippen molar-refractivity contribution in [2.24, 2.45) is 0 Å². The van der Waals surface area contributed by atoms with Gasteiger partial charge in [-0.15, -0.1) is 0 Å². The Morgan fingerprint density at radius 1 is 0.741 bits per heavy atom. The molecule has 1 aliphatic heterocycles. The number of hydrogen-bond donors (Lipinski definition) is 2. The van der Waals surface area contributed by atoms with Crippen molar-refractivity contribution in [3.8, 4) is 45.4 Å². The van der Waals surface area contributed by atoms with Gasteiger partial charge in [0.15, 0.2) is 5.65 Å². The van der Waals surface area contributed by atoms with E-state index >= 15 is 0 Å². The van der Waals surface area contributed by atoms with Crippen molar-refractivity contribution in [2.75, 3.05) is 32.0 Å². The summed E-state index contributed by atoms with van der Waals surface area (Å²) in [6.45, 7) is 3.73. The Kier molecular flexibility index (Phi) is 12.3. The highest BCUT2D eigenvalue weighted by atomic mass is 16.5. The fraction of sp³-hybridized carbons (Fsp3) is 0.319. The lowest BCUT2D eigenvalue weighted by Gasteiger charge is -2.32. The summed E-state index contributed by atoms with van der Waals surface area (Å²) in [6, 6.07) is 32.2. The molecule has 4 heterocycles. The van der Waals surface area contributed by atoms with Gasteiger partial charge in [0.1, 0.15) is 46.4 Å². The van der Waals surface area contributed by atoms with E-state index in [4.69, 9.17) is 24.7 Å². The molecule has 8 rings (SSSR count). The smallest absolute Gasteiger partial charge is 0.336 e. The molecule has 0 radical (unpaired) electrons. The summed E-state index contributed by atoms with van der Waals surface area (Å²) in [5.41, 5.74) is 10.4. The molecule has 0 saturated carbocycles. The number of piperidine rings is 1. The van der Waals surface area contributed by atoms with E-state index in [1.165, 1.54) is 50.6 Å². The molecule has 1 fully saturated rings. The minimum atomic E-state index is -0.463. The van der Waals surface area contributed by atoms with Gasteiger partial charge in [-0.3, -0.25) is 0 Å². The number of hydrogen-bond acceptors (Lipinski definition) is 10. The predicted octanol–water partition coefficient (Wildman–Crippen LogP) is 10.2. The monoisotopic (exact) mass is 778 g/mol. The van der Waals surface area contributed by atoms with Gasteiger partial charge in [-0.2, -0.15) is 5.10 Å². The highest BCUT2D eigenvalue weighted by Crippen LogP contribution is 2.38. The first kappa shape index (κ1) is 38.7. The first-order valence-corrected chi connectivity index (χ1v) is 20.5. The second-order valence-corrected chi connectivity index (χ2v) is 15.1. The number of nitrogens with two attached hydrogens (primary N) is 1. The highest BCUT2D eigenvalue weighted by Gasteiger charge is 2.26.